The molecule has 0 aliphatic heterocycles. The van der Waals surface area contributed by atoms with Gasteiger partial charge in [-0.05, 0) is 28.9 Å². The third-order valence-corrected chi connectivity index (χ3v) is 2.70. The highest BCUT2D eigenvalue weighted by Crippen LogP contribution is 2.25. The molecule has 0 aromatic carbocycles. The molecule has 1 aromatic rings. The average Bonchev–Trinajstić information content (AvgIpc) is 2.15. The van der Waals surface area contributed by atoms with Crippen LogP contribution in [0.5, 0.6) is 5.88 Å². The van der Waals surface area contributed by atoms with Crippen molar-refractivity contribution in [1.29, 1.82) is 0 Å². The minimum Gasteiger partial charge on any atom is -0.478 e. The van der Waals surface area contributed by atoms with Gasteiger partial charge < -0.3 is 4.74 Å². The van der Waals surface area contributed by atoms with Gasteiger partial charge in [-0.3, -0.25) is 0 Å². The molecule has 1 aromatic heterocycles. The van der Waals surface area contributed by atoms with Crippen molar-refractivity contribution in [3.05, 3.63) is 23.9 Å². The molecule has 96 valence electrons. The zero-order valence-electron chi connectivity index (χ0n) is 12.0. The quantitative estimate of drug-likeness (QED) is 0.783. The Labute approximate surface area is 105 Å². The van der Waals surface area contributed by atoms with Crippen LogP contribution >= 0.6 is 0 Å². The first-order valence-electron chi connectivity index (χ1n) is 6.28. The Bertz CT molecular complexity index is 358. The molecule has 0 bridgehead atoms. The van der Waals surface area contributed by atoms with Gasteiger partial charge in [0, 0.05) is 12.3 Å². The Balaban J connectivity index is 2.61. The highest BCUT2D eigenvalue weighted by Gasteiger charge is 2.15. The fourth-order valence-corrected chi connectivity index (χ4v) is 1.42. The van der Waals surface area contributed by atoms with E-state index in [1.807, 2.05) is 12.3 Å². The van der Waals surface area contributed by atoms with Gasteiger partial charge in [-0.15, -0.1) is 0 Å². The van der Waals surface area contributed by atoms with Gasteiger partial charge in [-0.1, -0.05) is 41.5 Å². The van der Waals surface area contributed by atoms with Crippen molar-refractivity contribution in [2.24, 2.45) is 5.41 Å². The number of hydrogen-bond donors (Lipinski definition) is 0. The molecule has 0 atom stereocenters. The third kappa shape index (κ3) is 5.20. The third-order valence-electron chi connectivity index (χ3n) is 2.70. The summed E-state index contributed by atoms with van der Waals surface area (Å²) in [5, 5.41) is 0. The van der Waals surface area contributed by atoms with E-state index in [0.717, 1.165) is 18.9 Å². The van der Waals surface area contributed by atoms with E-state index in [-0.39, 0.29) is 5.41 Å². The Morgan fingerprint density at radius 3 is 2.29 bits per heavy atom. The molecule has 0 saturated heterocycles. The summed E-state index contributed by atoms with van der Waals surface area (Å²) in [7, 11) is 0. The Kier molecular flexibility index (Phi) is 4.18. The van der Waals surface area contributed by atoms with Crippen molar-refractivity contribution in [2.75, 3.05) is 6.61 Å². The first-order valence-corrected chi connectivity index (χ1v) is 6.28. The van der Waals surface area contributed by atoms with E-state index in [1.165, 1.54) is 5.56 Å². The van der Waals surface area contributed by atoms with Gasteiger partial charge in [0.05, 0.1) is 6.61 Å². The van der Waals surface area contributed by atoms with Crippen molar-refractivity contribution in [3.63, 3.8) is 0 Å². The number of hydrogen-bond acceptors (Lipinski definition) is 2. The molecule has 0 saturated carbocycles. The molecular weight excluding hydrogens is 210 g/mol. The predicted molar refractivity (Wildman–Crippen MR) is 72.5 cm³/mol. The number of nitrogens with zero attached hydrogens (tertiary/aromatic N) is 1. The van der Waals surface area contributed by atoms with Crippen molar-refractivity contribution in [3.8, 4) is 5.88 Å². The minimum atomic E-state index is 0.144. The van der Waals surface area contributed by atoms with Gasteiger partial charge in [-0.25, -0.2) is 4.98 Å². The fraction of sp³-hybridized carbons (Fsp3) is 0.667. The van der Waals surface area contributed by atoms with E-state index in [4.69, 9.17) is 4.74 Å². The lowest BCUT2D eigenvalue weighted by Crippen LogP contribution is -2.13. The first kappa shape index (κ1) is 14.0. The molecule has 0 unspecified atom stereocenters. The van der Waals surface area contributed by atoms with Gasteiger partial charge in [0.25, 0.3) is 0 Å². The molecular formula is C15H25NO. The molecule has 0 aliphatic carbocycles. The standard InChI is InChI=1S/C15H25NO/c1-14(2,3)8-10-17-13-11-12(7-9-16-13)15(4,5)6/h7,9,11H,8,10H2,1-6H3. The summed E-state index contributed by atoms with van der Waals surface area (Å²) >= 11 is 0. The predicted octanol–water partition coefficient (Wildman–Crippen LogP) is 4.19. The topological polar surface area (TPSA) is 22.1 Å². The number of rotatable bonds is 3. The zero-order valence-corrected chi connectivity index (χ0v) is 12.0. The molecule has 1 heterocycles. The molecule has 0 radical (unpaired) electrons. The molecule has 0 spiro atoms. The van der Waals surface area contributed by atoms with Gasteiger partial charge >= 0.3 is 0 Å². The van der Waals surface area contributed by atoms with Crippen LogP contribution in [0.15, 0.2) is 18.3 Å². The minimum absolute atomic E-state index is 0.144. The smallest absolute Gasteiger partial charge is 0.213 e. The highest BCUT2D eigenvalue weighted by atomic mass is 16.5. The van der Waals surface area contributed by atoms with Crippen molar-refractivity contribution in [1.82, 2.24) is 4.98 Å². The summed E-state index contributed by atoms with van der Waals surface area (Å²) < 4.78 is 5.71. The van der Waals surface area contributed by atoms with Crippen LogP contribution in [-0.2, 0) is 5.41 Å². The van der Waals surface area contributed by atoms with Crippen LogP contribution in [-0.4, -0.2) is 11.6 Å². The van der Waals surface area contributed by atoms with E-state index >= 15 is 0 Å². The summed E-state index contributed by atoms with van der Waals surface area (Å²) in [5.41, 5.74) is 1.71. The highest BCUT2D eigenvalue weighted by molar-refractivity contribution is 5.26. The SMILES string of the molecule is CC(C)(C)CCOc1cc(C(C)(C)C)ccn1. The molecule has 0 N–H and O–H groups in total. The average molecular weight is 235 g/mol. The lowest BCUT2D eigenvalue weighted by molar-refractivity contribution is 0.236. The second-order valence-corrected chi connectivity index (χ2v) is 6.79. The number of aromatic nitrogens is 1. The van der Waals surface area contributed by atoms with E-state index in [0.29, 0.717) is 5.41 Å². The van der Waals surface area contributed by atoms with Crippen molar-refractivity contribution in [2.45, 2.75) is 53.4 Å². The van der Waals surface area contributed by atoms with Crippen LogP contribution in [0, 0.1) is 5.41 Å². The molecule has 0 fully saturated rings. The second kappa shape index (κ2) is 5.07. The second-order valence-electron chi connectivity index (χ2n) is 6.79. The Morgan fingerprint density at radius 1 is 1.12 bits per heavy atom. The van der Waals surface area contributed by atoms with Crippen LogP contribution in [0.4, 0.5) is 0 Å². The Hall–Kier alpha value is -1.05. The van der Waals surface area contributed by atoms with E-state index in [2.05, 4.69) is 52.6 Å². The van der Waals surface area contributed by atoms with Crippen LogP contribution in [0.1, 0.15) is 53.5 Å². The molecule has 0 aliphatic rings. The van der Waals surface area contributed by atoms with Gasteiger partial charge in [0.2, 0.25) is 5.88 Å². The first-order chi connectivity index (χ1) is 7.68. The lowest BCUT2D eigenvalue weighted by atomic mass is 9.88. The number of pyridine rings is 1. The molecule has 17 heavy (non-hydrogen) atoms. The normalized spacial score (nSPS) is 12.6. The maximum absolute atomic E-state index is 5.71. The van der Waals surface area contributed by atoms with E-state index in [9.17, 15) is 0 Å². The monoisotopic (exact) mass is 235 g/mol. The largest absolute Gasteiger partial charge is 0.478 e. The van der Waals surface area contributed by atoms with E-state index in [1.54, 1.807) is 0 Å². The van der Waals surface area contributed by atoms with Crippen LogP contribution < -0.4 is 4.74 Å². The van der Waals surface area contributed by atoms with Crippen LogP contribution in [0.25, 0.3) is 0 Å². The van der Waals surface area contributed by atoms with Gasteiger partial charge in [0.15, 0.2) is 0 Å². The van der Waals surface area contributed by atoms with Gasteiger partial charge in [-0.2, -0.15) is 0 Å². The molecule has 2 nitrogen and oxygen atoms in total. The summed E-state index contributed by atoms with van der Waals surface area (Å²) in [6, 6.07) is 4.10. The lowest BCUT2D eigenvalue weighted by Gasteiger charge is -2.20. The van der Waals surface area contributed by atoms with Crippen molar-refractivity contribution >= 4 is 0 Å². The molecule has 1 rings (SSSR count). The van der Waals surface area contributed by atoms with Crippen molar-refractivity contribution < 1.29 is 4.74 Å². The fourth-order valence-electron chi connectivity index (χ4n) is 1.42. The summed E-state index contributed by atoms with van der Waals surface area (Å²) in [6.45, 7) is 14.0. The van der Waals surface area contributed by atoms with Crippen LogP contribution in [0.3, 0.4) is 0 Å². The van der Waals surface area contributed by atoms with Crippen LogP contribution in [0.2, 0.25) is 0 Å². The number of ether oxygens (including phenoxy) is 1. The van der Waals surface area contributed by atoms with E-state index < -0.39 is 0 Å². The zero-order chi connectivity index (χ0) is 13.1. The summed E-state index contributed by atoms with van der Waals surface area (Å²) in [6.07, 6.45) is 2.86. The Morgan fingerprint density at radius 2 is 1.76 bits per heavy atom. The summed E-state index contributed by atoms with van der Waals surface area (Å²) in [5.74, 6) is 0.738. The van der Waals surface area contributed by atoms with Gasteiger partial charge in [0.1, 0.15) is 0 Å². The molecule has 0 amide bonds. The molecule has 2 heteroatoms. The summed E-state index contributed by atoms with van der Waals surface area (Å²) in [4.78, 5) is 4.25. The maximum atomic E-state index is 5.71. The maximum Gasteiger partial charge on any atom is 0.213 e.